The summed E-state index contributed by atoms with van der Waals surface area (Å²) in [6, 6.07) is 12.5. The highest BCUT2D eigenvalue weighted by molar-refractivity contribution is 5.95. The second kappa shape index (κ2) is 8.57. The molecule has 0 saturated heterocycles. The fourth-order valence-corrected chi connectivity index (χ4v) is 2.71. The molecule has 0 saturated carbocycles. The fraction of sp³-hybridized carbons (Fsp3) is 0.381. The molecule has 0 heterocycles. The third-order valence-electron chi connectivity index (χ3n) is 4.61. The van der Waals surface area contributed by atoms with E-state index in [9.17, 15) is 18.0 Å². The van der Waals surface area contributed by atoms with Crippen molar-refractivity contribution in [2.24, 2.45) is 0 Å². The SMILES string of the molecule is CC(C)c1ccc(CN(C)[C@@H](C)C(=O)Nc2ccccc2C(F)(F)F)cc1. The first kappa shape index (κ1) is 21.0. The molecule has 0 aliphatic heterocycles. The second-order valence-corrected chi connectivity index (χ2v) is 7.02. The van der Waals surface area contributed by atoms with Crippen LogP contribution in [-0.2, 0) is 17.5 Å². The summed E-state index contributed by atoms with van der Waals surface area (Å²) in [4.78, 5) is 14.2. The van der Waals surface area contributed by atoms with Gasteiger partial charge in [-0.25, -0.2) is 0 Å². The Hall–Kier alpha value is -2.34. The number of nitrogens with one attached hydrogen (secondary N) is 1. The van der Waals surface area contributed by atoms with E-state index >= 15 is 0 Å². The highest BCUT2D eigenvalue weighted by Gasteiger charge is 2.34. The Morgan fingerprint density at radius 1 is 1.04 bits per heavy atom. The maximum atomic E-state index is 13.1. The molecule has 0 spiro atoms. The predicted molar refractivity (Wildman–Crippen MR) is 102 cm³/mol. The molecule has 1 N–H and O–H groups in total. The molecule has 3 nitrogen and oxygen atoms in total. The van der Waals surface area contributed by atoms with Crippen molar-refractivity contribution in [3.05, 3.63) is 65.2 Å². The number of alkyl halides is 3. The Labute approximate surface area is 158 Å². The number of hydrogen-bond acceptors (Lipinski definition) is 2. The average molecular weight is 378 g/mol. The van der Waals surface area contributed by atoms with Crippen molar-refractivity contribution < 1.29 is 18.0 Å². The van der Waals surface area contributed by atoms with Crippen molar-refractivity contribution >= 4 is 11.6 Å². The standard InChI is InChI=1S/C21H25F3N2O/c1-14(2)17-11-9-16(10-12-17)13-26(4)15(3)20(27)25-19-8-6-5-7-18(19)21(22,23)24/h5-12,14-15H,13H2,1-4H3,(H,25,27)/t15-/m0/s1. The van der Waals surface area contributed by atoms with Crippen molar-refractivity contribution in [1.29, 1.82) is 0 Å². The number of para-hydroxylation sites is 1. The first-order valence-electron chi connectivity index (χ1n) is 8.85. The van der Waals surface area contributed by atoms with Crippen molar-refractivity contribution in [3.63, 3.8) is 0 Å². The van der Waals surface area contributed by atoms with Gasteiger partial charge in [0.2, 0.25) is 5.91 Å². The van der Waals surface area contributed by atoms with Crippen LogP contribution in [0, 0.1) is 0 Å². The maximum absolute atomic E-state index is 13.1. The zero-order chi connectivity index (χ0) is 20.2. The van der Waals surface area contributed by atoms with E-state index in [-0.39, 0.29) is 5.69 Å². The van der Waals surface area contributed by atoms with Gasteiger partial charge in [-0.2, -0.15) is 13.2 Å². The van der Waals surface area contributed by atoms with Crippen LogP contribution in [0.2, 0.25) is 0 Å². The van der Waals surface area contributed by atoms with Gasteiger partial charge in [-0.3, -0.25) is 9.69 Å². The number of rotatable bonds is 6. The molecule has 0 aliphatic rings. The third kappa shape index (κ3) is 5.57. The molecule has 2 aromatic rings. The molecule has 2 aromatic carbocycles. The summed E-state index contributed by atoms with van der Waals surface area (Å²) >= 11 is 0. The maximum Gasteiger partial charge on any atom is 0.418 e. The highest BCUT2D eigenvalue weighted by atomic mass is 19.4. The monoisotopic (exact) mass is 378 g/mol. The molecule has 2 rings (SSSR count). The van der Waals surface area contributed by atoms with E-state index < -0.39 is 23.7 Å². The average Bonchev–Trinajstić information content (AvgIpc) is 2.61. The van der Waals surface area contributed by atoms with Crippen LogP contribution < -0.4 is 5.32 Å². The largest absolute Gasteiger partial charge is 0.418 e. The third-order valence-corrected chi connectivity index (χ3v) is 4.61. The van der Waals surface area contributed by atoms with E-state index in [1.54, 1.807) is 18.9 Å². The van der Waals surface area contributed by atoms with Gasteiger partial charge in [0.05, 0.1) is 17.3 Å². The second-order valence-electron chi connectivity index (χ2n) is 7.02. The van der Waals surface area contributed by atoms with Gasteiger partial charge < -0.3 is 5.32 Å². The van der Waals surface area contributed by atoms with Crippen molar-refractivity contribution in [1.82, 2.24) is 4.90 Å². The molecule has 0 unspecified atom stereocenters. The molecular formula is C21H25F3N2O. The molecular weight excluding hydrogens is 353 g/mol. The normalized spacial score (nSPS) is 13.1. The first-order valence-corrected chi connectivity index (χ1v) is 8.85. The predicted octanol–water partition coefficient (Wildman–Crippen LogP) is 5.29. The van der Waals surface area contributed by atoms with Gasteiger partial charge in [0.25, 0.3) is 0 Å². The van der Waals surface area contributed by atoms with Crippen molar-refractivity contribution in [2.75, 3.05) is 12.4 Å². The Morgan fingerprint density at radius 3 is 2.19 bits per heavy atom. The minimum absolute atomic E-state index is 0.225. The molecule has 0 bridgehead atoms. The summed E-state index contributed by atoms with van der Waals surface area (Å²) in [6.07, 6.45) is -4.52. The van der Waals surface area contributed by atoms with Gasteiger partial charge in [0, 0.05) is 6.54 Å². The summed E-state index contributed by atoms with van der Waals surface area (Å²) in [5, 5.41) is 2.41. The van der Waals surface area contributed by atoms with E-state index in [1.165, 1.54) is 23.8 Å². The number of carbonyl (C=O) groups is 1. The number of amides is 1. The van der Waals surface area contributed by atoms with E-state index in [1.807, 2.05) is 12.1 Å². The highest BCUT2D eigenvalue weighted by Crippen LogP contribution is 2.34. The van der Waals surface area contributed by atoms with Crippen LogP contribution in [0.5, 0.6) is 0 Å². The molecule has 6 heteroatoms. The van der Waals surface area contributed by atoms with Crippen LogP contribution in [0.4, 0.5) is 18.9 Å². The van der Waals surface area contributed by atoms with E-state index in [0.717, 1.165) is 11.6 Å². The zero-order valence-electron chi connectivity index (χ0n) is 16.0. The van der Waals surface area contributed by atoms with Crippen LogP contribution in [0.3, 0.4) is 0 Å². The number of nitrogens with zero attached hydrogens (tertiary/aromatic N) is 1. The molecule has 0 aromatic heterocycles. The van der Waals surface area contributed by atoms with Crippen LogP contribution >= 0.6 is 0 Å². The van der Waals surface area contributed by atoms with Gasteiger partial charge in [-0.1, -0.05) is 50.2 Å². The van der Waals surface area contributed by atoms with E-state index in [4.69, 9.17) is 0 Å². The lowest BCUT2D eigenvalue weighted by Gasteiger charge is -2.25. The van der Waals surface area contributed by atoms with Crippen LogP contribution in [0.1, 0.15) is 43.4 Å². The topological polar surface area (TPSA) is 32.3 Å². The number of likely N-dealkylation sites (N-methyl/N-ethyl adjacent to an activating group) is 1. The van der Waals surface area contributed by atoms with Gasteiger partial charge in [-0.15, -0.1) is 0 Å². The lowest BCUT2D eigenvalue weighted by molar-refractivity contribution is -0.137. The Bertz CT molecular complexity index is 770. The quantitative estimate of drug-likeness (QED) is 0.741. The number of benzene rings is 2. The summed E-state index contributed by atoms with van der Waals surface area (Å²) in [5.41, 5.74) is 1.20. The lowest BCUT2D eigenvalue weighted by atomic mass is 10.0. The summed E-state index contributed by atoms with van der Waals surface area (Å²) in [5.74, 6) is -0.0387. The van der Waals surface area contributed by atoms with Crippen molar-refractivity contribution in [2.45, 2.75) is 45.5 Å². The van der Waals surface area contributed by atoms with Crippen LogP contribution in [0.25, 0.3) is 0 Å². The molecule has 0 radical (unpaired) electrons. The lowest BCUT2D eigenvalue weighted by Crippen LogP contribution is -2.39. The van der Waals surface area contributed by atoms with Gasteiger partial charge in [-0.05, 0) is 43.1 Å². The Morgan fingerprint density at radius 2 is 1.63 bits per heavy atom. The zero-order valence-corrected chi connectivity index (χ0v) is 16.0. The van der Waals surface area contributed by atoms with Gasteiger partial charge in [0.15, 0.2) is 0 Å². The van der Waals surface area contributed by atoms with Crippen LogP contribution in [0.15, 0.2) is 48.5 Å². The molecule has 0 fully saturated rings. The van der Waals surface area contributed by atoms with Crippen molar-refractivity contribution in [3.8, 4) is 0 Å². The fourth-order valence-electron chi connectivity index (χ4n) is 2.71. The minimum atomic E-state index is -4.52. The van der Waals surface area contributed by atoms with E-state index in [0.29, 0.717) is 12.5 Å². The van der Waals surface area contributed by atoms with Gasteiger partial charge in [0.1, 0.15) is 0 Å². The molecule has 146 valence electrons. The molecule has 1 amide bonds. The Balaban J connectivity index is 2.04. The summed E-state index contributed by atoms with van der Waals surface area (Å²) in [6.45, 7) is 6.43. The number of carbonyl (C=O) groups excluding carboxylic acids is 1. The molecule has 27 heavy (non-hydrogen) atoms. The van der Waals surface area contributed by atoms with Crippen LogP contribution in [-0.4, -0.2) is 23.9 Å². The summed E-state index contributed by atoms with van der Waals surface area (Å²) < 4.78 is 39.2. The Kier molecular flexibility index (Phi) is 6.65. The van der Waals surface area contributed by atoms with E-state index in [2.05, 4.69) is 31.3 Å². The number of anilines is 1. The first-order chi connectivity index (χ1) is 12.6. The molecule has 1 atom stereocenters. The minimum Gasteiger partial charge on any atom is -0.324 e. The van der Waals surface area contributed by atoms with Gasteiger partial charge >= 0.3 is 6.18 Å². The smallest absolute Gasteiger partial charge is 0.324 e. The summed E-state index contributed by atoms with van der Waals surface area (Å²) in [7, 11) is 1.77. The molecule has 0 aliphatic carbocycles. The number of halogens is 3. The number of hydrogen-bond donors (Lipinski definition) is 1.